The molecule has 0 fully saturated rings. The number of nitro groups is 2. The number of phenols is 2. The van der Waals surface area contributed by atoms with Crippen LogP contribution in [0.4, 0.5) is 56.9 Å². The maximum absolute atomic E-state index is 12.0. The van der Waals surface area contributed by atoms with E-state index < -0.39 is 94.8 Å². The third-order valence-electron chi connectivity index (χ3n) is 7.19. The molecule has 5 aromatic rings. The normalized spacial score (nSPS) is 12.2. The van der Waals surface area contributed by atoms with E-state index in [1.807, 2.05) is 0 Å². The van der Waals surface area contributed by atoms with Crippen LogP contribution in [0.2, 0.25) is 0 Å². The summed E-state index contributed by atoms with van der Waals surface area (Å²) in [4.78, 5) is 18.4. The molecule has 0 heterocycles. The second-order valence-corrected chi connectivity index (χ2v) is 15.1. The second kappa shape index (κ2) is 17.5. The number of azo groups is 3. The molecule has 0 amide bonds. The van der Waals surface area contributed by atoms with Crippen LogP contribution < -0.4 is 34.9 Å². The molecule has 0 unspecified atom stereocenters. The number of non-ortho nitro benzene ring substituents is 2. The maximum atomic E-state index is 12.0. The van der Waals surface area contributed by atoms with Crippen LogP contribution in [0.5, 0.6) is 11.5 Å². The fraction of sp³-hybridized carbons (Fsp3) is 0. The number of rotatable bonds is 13. The summed E-state index contributed by atoms with van der Waals surface area (Å²) in [6.07, 6.45) is 0. The Balaban J connectivity index is 0.00000744. The minimum atomic E-state index is -5.22. The van der Waals surface area contributed by atoms with Crippen LogP contribution in [0.25, 0.3) is 0 Å². The van der Waals surface area contributed by atoms with Crippen molar-refractivity contribution in [2.24, 2.45) is 30.7 Å². The summed E-state index contributed by atoms with van der Waals surface area (Å²) in [6.45, 7) is 0. The summed E-state index contributed by atoms with van der Waals surface area (Å²) in [5, 5.41) is 70.0. The van der Waals surface area contributed by atoms with Gasteiger partial charge in [0.1, 0.15) is 42.7 Å². The smallest absolute Gasteiger partial charge is 0.744 e. The van der Waals surface area contributed by atoms with Crippen molar-refractivity contribution in [2.45, 2.75) is 14.7 Å². The van der Waals surface area contributed by atoms with E-state index in [1.165, 1.54) is 30.3 Å². The summed E-state index contributed by atoms with van der Waals surface area (Å²) in [7, 11) is -15.2. The van der Waals surface area contributed by atoms with E-state index >= 15 is 0 Å². The summed E-state index contributed by atoms with van der Waals surface area (Å²) in [6, 6.07) is 14.8. The van der Waals surface area contributed by atoms with Crippen LogP contribution in [-0.4, -0.2) is 59.0 Å². The van der Waals surface area contributed by atoms with Crippen molar-refractivity contribution >= 4 is 87.2 Å². The zero-order chi connectivity index (χ0) is 41.9. The molecular weight excluding hydrogens is 846 g/mol. The first-order valence-corrected chi connectivity index (χ1v) is 19.2. The molecule has 0 saturated heterocycles. The van der Waals surface area contributed by atoms with Gasteiger partial charge in [-0.1, -0.05) is 12.1 Å². The van der Waals surface area contributed by atoms with Gasteiger partial charge in [0.2, 0.25) is 0 Å². The van der Waals surface area contributed by atoms with Gasteiger partial charge in [0.25, 0.3) is 31.6 Å². The Hall–Kier alpha value is -6.17. The van der Waals surface area contributed by atoms with E-state index in [0.717, 1.165) is 42.5 Å². The van der Waals surface area contributed by atoms with Crippen molar-refractivity contribution in [3.8, 4) is 11.5 Å². The van der Waals surface area contributed by atoms with Crippen molar-refractivity contribution in [3.63, 3.8) is 0 Å². The first-order valence-electron chi connectivity index (χ1n) is 14.9. The van der Waals surface area contributed by atoms with Crippen LogP contribution in [0, 0.1) is 20.2 Å². The average Bonchev–Trinajstić information content (AvgIpc) is 3.13. The number of nitro benzene ring substituents is 2. The molecule has 5 rings (SSSR count). The number of anilines is 2. The molecule has 28 heteroatoms. The zero-order valence-corrected chi connectivity index (χ0v) is 33.2. The number of phenolic OH excluding ortho intramolecular Hbond substituents is 2. The van der Waals surface area contributed by atoms with Crippen molar-refractivity contribution in [2.75, 3.05) is 5.32 Å². The number of nitrogens with one attached hydrogen (secondary N) is 1. The molecule has 0 atom stereocenters. The van der Waals surface area contributed by atoms with Gasteiger partial charge in [-0.2, -0.15) is 21.9 Å². The third kappa shape index (κ3) is 10.6. The number of hydrogen-bond donors (Lipinski definition) is 5. The Morgan fingerprint density at radius 2 is 1.09 bits per heavy atom. The molecule has 0 spiro atoms. The van der Waals surface area contributed by atoms with Crippen molar-refractivity contribution in [3.05, 3.63) is 111 Å². The first-order chi connectivity index (χ1) is 26.6. The van der Waals surface area contributed by atoms with E-state index in [4.69, 9.17) is 0 Å². The Bertz CT molecular complexity index is 2890. The molecule has 5 aromatic carbocycles. The van der Waals surface area contributed by atoms with Gasteiger partial charge in [-0.15, -0.1) is 25.6 Å². The van der Waals surface area contributed by atoms with E-state index in [9.17, 15) is 69.4 Å². The standard InChI is InChI=1S/C30H21N9O15S3.Na/c40-29-24(35-32-16-5-7-17(8-6-16)38(42)43)15-25(30(41)28(29)37-34-23-14-19(55(46,47)48)10-12-27(23)57(52,53)54)36-33-20-11-9-18(39(44)45)13-22(20)31-21-3-1-2-4-26(21)56(49,50)51;/h1-15,31,40-41H,(H,46,47,48)(H,49,50,51)(H,52,53,54);/q;+1/p-1. The summed E-state index contributed by atoms with van der Waals surface area (Å²) in [5.41, 5.74) is -4.72. The summed E-state index contributed by atoms with van der Waals surface area (Å²) >= 11 is 0. The molecule has 0 aliphatic heterocycles. The molecule has 0 aromatic heterocycles. The van der Waals surface area contributed by atoms with Crippen LogP contribution >= 0.6 is 0 Å². The fourth-order valence-electron chi connectivity index (χ4n) is 4.55. The largest absolute Gasteiger partial charge is 1.00 e. The zero-order valence-electron chi connectivity index (χ0n) is 28.7. The van der Waals surface area contributed by atoms with Crippen LogP contribution in [0.1, 0.15) is 0 Å². The predicted octanol–water partition coefficient (Wildman–Crippen LogP) is 4.31. The predicted molar refractivity (Wildman–Crippen MR) is 192 cm³/mol. The molecule has 58 heavy (non-hydrogen) atoms. The van der Waals surface area contributed by atoms with Gasteiger partial charge in [-0.05, 0) is 48.5 Å². The number of aromatic hydroxyl groups is 2. The SMILES string of the molecule is O=[N+]([O-])c1ccc(N=Nc2cc(N=Nc3ccc([N+](=O)[O-])cc3Nc3ccccc3S(=O)(=O)O)c(O)c(N=Nc3cc(S(=O)(=O)[O-])ccc3S(=O)(=O)O)c2O)cc1.[Na+]. The minimum Gasteiger partial charge on any atom is -0.744 e. The molecule has 0 aliphatic carbocycles. The fourth-order valence-corrected chi connectivity index (χ4v) is 6.29. The molecule has 24 nitrogen and oxygen atoms in total. The average molecular weight is 866 g/mol. The van der Waals surface area contributed by atoms with E-state index in [1.54, 1.807) is 0 Å². The van der Waals surface area contributed by atoms with Gasteiger partial charge in [-0.3, -0.25) is 29.3 Å². The molecule has 0 aliphatic rings. The number of para-hydroxylation sites is 1. The second-order valence-electron chi connectivity index (χ2n) is 10.9. The van der Waals surface area contributed by atoms with Gasteiger partial charge in [0, 0.05) is 30.3 Å². The monoisotopic (exact) mass is 865 g/mol. The Morgan fingerprint density at radius 3 is 1.66 bits per heavy atom. The Labute approximate surface area is 347 Å². The van der Waals surface area contributed by atoms with Gasteiger partial charge < -0.3 is 20.1 Å². The molecule has 0 saturated carbocycles. The number of nitrogens with zero attached hydrogens (tertiary/aromatic N) is 8. The van der Waals surface area contributed by atoms with E-state index in [-0.39, 0.29) is 58.0 Å². The third-order valence-corrected chi connectivity index (χ3v) is 9.83. The van der Waals surface area contributed by atoms with E-state index in [2.05, 4.69) is 36.0 Å². The quantitative estimate of drug-likeness (QED) is 0.0362. The summed E-state index contributed by atoms with van der Waals surface area (Å²) in [5.74, 6) is -2.12. The van der Waals surface area contributed by atoms with Gasteiger partial charge in [0.15, 0.2) is 17.2 Å². The first kappa shape index (κ1) is 44.5. The molecule has 0 radical (unpaired) electrons. The van der Waals surface area contributed by atoms with Crippen molar-refractivity contribution in [1.29, 1.82) is 0 Å². The topological polar surface area (TPSA) is 379 Å². The molecule has 5 N–H and O–H groups in total. The molecular formula is C30H20N9NaO15S3. The van der Waals surface area contributed by atoms with Crippen LogP contribution in [-0.2, 0) is 30.4 Å². The summed E-state index contributed by atoms with van der Waals surface area (Å²) < 4.78 is 102. The number of benzene rings is 5. The van der Waals surface area contributed by atoms with Gasteiger partial charge in [0.05, 0.1) is 31.8 Å². The molecule has 0 bridgehead atoms. The van der Waals surface area contributed by atoms with Crippen molar-refractivity contribution in [1.82, 2.24) is 0 Å². The number of hydrogen-bond acceptors (Lipinski definition) is 20. The van der Waals surface area contributed by atoms with Gasteiger partial charge >= 0.3 is 29.6 Å². The molecule has 294 valence electrons. The Morgan fingerprint density at radius 1 is 0.552 bits per heavy atom. The maximum Gasteiger partial charge on any atom is 1.00 e. The van der Waals surface area contributed by atoms with Gasteiger partial charge in [-0.25, -0.2) is 8.42 Å². The van der Waals surface area contributed by atoms with Crippen LogP contribution in [0.3, 0.4) is 0 Å². The van der Waals surface area contributed by atoms with Crippen molar-refractivity contribution < 1.29 is 88.5 Å². The Kier molecular flexibility index (Phi) is 13.5. The van der Waals surface area contributed by atoms with E-state index in [0.29, 0.717) is 18.2 Å². The van der Waals surface area contributed by atoms with Crippen LogP contribution in [0.15, 0.2) is 136 Å². The minimum absolute atomic E-state index is 0.